The fraction of sp³-hybridized carbons (Fsp3) is 0.350. The maximum Gasteiger partial charge on any atom is 0.243 e. The van der Waals surface area contributed by atoms with Crippen molar-refractivity contribution >= 4 is 31.9 Å². The van der Waals surface area contributed by atoms with Gasteiger partial charge in [-0.2, -0.15) is 4.31 Å². The molecular weight excluding hydrogens is 428 g/mol. The highest BCUT2D eigenvalue weighted by atomic mass is 79.9. The number of rotatable bonds is 7. The highest BCUT2D eigenvalue weighted by molar-refractivity contribution is 9.10. The Kier molecular flexibility index (Phi) is 7.19. The van der Waals surface area contributed by atoms with Crippen LogP contribution >= 0.6 is 15.9 Å². The van der Waals surface area contributed by atoms with Crippen LogP contribution in [0.25, 0.3) is 0 Å². The molecule has 0 aliphatic rings. The van der Waals surface area contributed by atoms with E-state index >= 15 is 0 Å². The summed E-state index contributed by atoms with van der Waals surface area (Å²) < 4.78 is 28.2. The standard InChI is InChI=1S/C20H25BrN2O3S/c1-20(2,3)15-22-19(24)14-23(13-16-7-5-4-6-8-16)27(25,26)18-11-9-17(21)10-12-18/h4-12H,13-15H2,1-3H3,(H,22,24). The summed E-state index contributed by atoms with van der Waals surface area (Å²) in [5, 5.41) is 2.82. The zero-order valence-corrected chi connectivity index (χ0v) is 18.2. The van der Waals surface area contributed by atoms with Gasteiger partial charge < -0.3 is 5.32 Å². The van der Waals surface area contributed by atoms with Crippen molar-refractivity contribution in [3.8, 4) is 0 Å². The van der Waals surface area contributed by atoms with Gasteiger partial charge in [0.2, 0.25) is 15.9 Å². The van der Waals surface area contributed by atoms with Gasteiger partial charge in [-0.25, -0.2) is 8.42 Å². The zero-order chi connectivity index (χ0) is 20.1. The molecule has 0 radical (unpaired) electrons. The number of amides is 1. The molecule has 0 aliphatic heterocycles. The molecule has 5 nitrogen and oxygen atoms in total. The number of benzene rings is 2. The van der Waals surface area contributed by atoms with Gasteiger partial charge in [0.05, 0.1) is 11.4 Å². The van der Waals surface area contributed by atoms with Crippen molar-refractivity contribution in [3.63, 3.8) is 0 Å². The molecular formula is C20H25BrN2O3S. The molecule has 0 aliphatic carbocycles. The van der Waals surface area contributed by atoms with Crippen molar-refractivity contribution in [2.24, 2.45) is 5.41 Å². The Balaban J connectivity index is 2.26. The van der Waals surface area contributed by atoms with Gasteiger partial charge in [-0.1, -0.05) is 67.0 Å². The van der Waals surface area contributed by atoms with E-state index in [9.17, 15) is 13.2 Å². The van der Waals surface area contributed by atoms with Gasteiger partial charge in [-0.3, -0.25) is 4.79 Å². The highest BCUT2D eigenvalue weighted by Gasteiger charge is 2.27. The van der Waals surface area contributed by atoms with Crippen molar-refractivity contribution in [2.45, 2.75) is 32.2 Å². The molecule has 2 aromatic carbocycles. The summed E-state index contributed by atoms with van der Waals surface area (Å²) in [7, 11) is -3.81. The Morgan fingerprint density at radius 3 is 2.19 bits per heavy atom. The summed E-state index contributed by atoms with van der Waals surface area (Å²) in [6.07, 6.45) is 0. The summed E-state index contributed by atoms with van der Waals surface area (Å²) in [5.41, 5.74) is 0.742. The van der Waals surface area contributed by atoms with Crippen LogP contribution in [0.15, 0.2) is 64.0 Å². The highest BCUT2D eigenvalue weighted by Crippen LogP contribution is 2.21. The lowest BCUT2D eigenvalue weighted by Gasteiger charge is -2.24. The second kappa shape index (κ2) is 8.99. The molecule has 1 amide bonds. The molecule has 0 saturated carbocycles. The molecule has 146 valence electrons. The smallest absolute Gasteiger partial charge is 0.243 e. The van der Waals surface area contributed by atoms with Gasteiger partial charge >= 0.3 is 0 Å². The van der Waals surface area contributed by atoms with Crippen molar-refractivity contribution in [1.82, 2.24) is 9.62 Å². The van der Waals surface area contributed by atoms with Crippen LogP contribution in [0.1, 0.15) is 26.3 Å². The lowest BCUT2D eigenvalue weighted by Crippen LogP contribution is -2.42. The van der Waals surface area contributed by atoms with Crippen LogP contribution in [0.2, 0.25) is 0 Å². The summed E-state index contributed by atoms with van der Waals surface area (Å²) in [6.45, 7) is 6.39. The van der Waals surface area contributed by atoms with E-state index in [4.69, 9.17) is 0 Å². The van der Waals surface area contributed by atoms with E-state index in [1.54, 1.807) is 12.1 Å². The van der Waals surface area contributed by atoms with Crippen LogP contribution < -0.4 is 5.32 Å². The molecule has 0 fully saturated rings. The van der Waals surface area contributed by atoms with Crippen molar-refractivity contribution in [1.29, 1.82) is 0 Å². The lowest BCUT2D eigenvalue weighted by molar-refractivity contribution is -0.121. The van der Waals surface area contributed by atoms with Gasteiger partial charge in [0, 0.05) is 17.6 Å². The predicted molar refractivity (Wildman–Crippen MR) is 111 cm³/mol. The van der Waals surface area contributed by atoms with Gasteiger partial charge in [-0.15, -0.1) is 0 Å². The third kappa shape index (κ3) is 6.75. The first-order valence-electron chi connectivity index (χ1n) is 8.64. The van der Waals surface area contributed by atoms with Crippen molar-refractivity contribution in [3.05, 3.63) is 64.6 Å². The van der Waals surface area contributed by atoms with Crippen LogP contribution in [0.5, 0.6) is 0 Å². The van der Waals surface area contributed by atoms with E-state index in [-0.39, 0.29) is 29.3 Å². The number of nitrogens with zero attached hydrogens (tertiary/aromatic N) is 1. The van der Waals surface area contributed by atoms with Crippen LogP contribution in [-0.2, 0) is 21.4 Å². The number of carbonyl (C=O) groups excluding carboxylic acids is 1. The second-order valence-corrected chi connectivity index (χ2v) is 10.4. The van der Waals surface area contributed by atoms with Gasteiger partial charge in [0.15, 0.2) is 0 Å². The summed E-state index contributed by atoms with van der Waals surface area (Å²) in [5.74, 6) is -0.318. The molecule has 2 aromatic rings. The molecule has 0 aromatic heterocycles. The number of sulfonamides is 1. The summed E-state index contributed by atoms with van der Waals surface area (Å²) >= 11 is 3.31. The first kappa shape index (κ1) is 21.6. The fourth-order valence-corrected chi connectivity index (χ4v) is 4.00. The Morgan fingerprint density at radius 1 is 1.04 bits per heavy atom. The number of nitrogens with one attached hydrogen (secondary N) is 1. The molecule has 1 N–H and O–H groups in total. The summed E-state index contributed by atoms with van der Waals surface area (Å²) in [4.78, 5) is 12.6. The minimum atomic E-state index is -3.81. The fourth-order valence-electron chi connectivity index (χ4n) is 2.35. The van der Waals surface area contributed by atoms with Crippen LogP contribution in [0.4, 0.5) is 0 Å². The summed E-state index contributed by atoms with van der Waals surface area (Å²) in [6, 6.07) is 15.7. The molecule has 7 heteroatoms. The van der Waals surface area contributed by atoms with E-state index in [1.165, 1.54) is 16.4 Å². The number of halogens is 1. The molecule has 27 heavy (non-hydrogen) atoms. The molecule has 0 saturated heterocycles. The SMILES string of the molecule is CC(C)(C)CNC(=O)CN(Cc1ccccc1)S(=O)(=O)c1ccc(Br)cc1. The van der Waals surface area contributed by atoms with E-state index in [0.717, 1.165) is 10.0 Å². The molecule has 0 heterocycles. The topological polar surface area (TPSA) is 66.5 Å². The predicted octanol–water partition coefficient (Wildman–Crippen LogP) is 3.80. The maximum atomic E-state index is 13.1. The van der Waals surface area contributed by atoms with Gasteiger partial charge in [-0.05, 0) is 35.2 Å². The second-order valence-electron chi connectivity index (χ2n) is 7.55. The Labute approximate surface area is 170 Å². The van der Waals surface area contributed by atoms with Crippen LogP contribution in [0.3, 0.4) is 0 Å². The average molecular weight is 453 g/mol. The zero-order valence-electron chi connectivity index (χ0n) is 15.8. The van der Waals surface area contributed by atoms with Crippen LogP contribution in [-0.4, -0.2) is 31.7 Å². The van der Waals surface area contributed by atoms with E-state index in [0.29, 0.717) is 6.54 Å². The molecule has 2 rings (SSSR count). The van der Waals surface area contributed by atoms with E-state index < -0.39 is 10.0 Å². The first-order valence-corrected chi connectivity index (χ1v) is 10.9. The van der Waals surface area contributed by atoms with E-state index in [2.05, 4.69) is 21.2 Å². The van der Waals surface area contributed by atoms with Gasteiger partial charge in [0.25, 0.3) is 0 Å². The van der Waals surface area contributed by atoms with Gasteiger partial charge in [0.1, 0.15) is 0 Å². The number of hydrogen-bond acceptors (Lipinski definition) is 3. The van der Waals surface area contributed by atoms with Crippen LogP contribution in [0, 0.1) is 5.41 Å². The Hall–Kier alpha value is -1.70. The van der Waals surface area contributed by atoms with Crippen molar-refractivity contribution in [2.75, 3.05) is 13.1 Å². The van der Waals surface area contributed by atoms with Crippen molar-refractivity contribution < 1.29 is 13.2 Å². The average Bonchev–Trinajstić information content (AvgIpc) is 2.60. The molecule has 0 spiro atoms. The number of carbonyl (C=O) groups is 1. The third-order valence-electron chi connectivity index (χ3n) is 3.79. The molecule has 0 bridgehead atoms. The molecule has 0 atom stereocenters. The Morgan fingerprint density at radius 2 is 1.63 bits per heavy atom. The van der Waals surface area contributed by atoms with E-state index in [1.807, 2.05) is 51.1 Å². The Bertz CT molecular complexity index is 860. The third-order valence-corrected chi connectivity index (χ3v) is 6.12. The largest absolute Gasteiger partial charge is 0.354 e. The quantitative estimate of drug-likeness (QED) is 0.694. The lowest BCUT2D eigenvalue weighted by atomic mass is 9.97. The number of hydrogen-bond donors (Lipinski definition) is 1. The normalized spacial score (nSPS) is 12.2. The maximum absolute atomic E-state index is 13.1. The first-order chi connectivity index (χ1) is 12.6. The minimum absolute atomic E-state index is 0.0789. The monoisotopic (exact) mass is 452 g/mol. The minimum Gasteiger partial charge on any atom is -0.354 e. The molecule has 0 unspecified atom stereocenters.